The molecule has 0 spiro atoms. The van der Waals surface area contributed by atoms with Gasteiger partial charge in [-0.1, -0.05) is 16.5 Å². The first-order valence-electron chi connectivity index (χ1n) is 6.49. The molecule has 0 bridgehead atoms. The summed E-state index contributed by atoms with van der Waals surface area (Å²) in [6, 6.07) is 0. The lowest BCUT2D eigenvalue weighted by Crippen LogP contribution is -2.27. The van der Waals surface area contributed by atoms with E-state index in [0.717, 1.165) is 35.5 Å². The predicted octanol–water partition coefficient (Wildman–Crippen LogP) is 3.18. The van der Waals surface area contributed by atoms with Gasteiger partial charge < -0.3 is 9.57 Å². The van der Waals surface area contributed by atoms with Crippen molar-refractivity contribution in [3.05, 3.63) is 10.6 Å². The van der Waals surface area contributed by atoms with E-state index < -0.39 is 11.7 Å². The largest absolute Gasteiger partial charge is 0.444 e. The van der Waals surface area contributed by atoms with E-state index in [1.165, 1.54) is 18.4 Å². The van der Waals surface area contributed by atoms with E-state index >= 15 is 0 Å². The number of nitrogens with one attached hydrogen (secondary N) is 1. The van der Waals surface area contributed by atoms with Crippen molar-refractivity contribution in [2.75, 3.05) is 12.4 Å². The van der Waals surface area contributed by atoms with E-state index in [2.05, 4.69) is 15.5 Å². The predicted molar refractivity (Wildman–Crippen MR) is 78.5 cm³/mol. The second-order valence-corrected chi connectivity index (χ2v) is 6.49. The molecule has 0 aromatic carbocycles. The summed E-state index contributed by atoms with van der Waals surface area (Å²) >= 11 is 1.40. The number of hydrogen-bond donors (Lipinski definition) is 1. The molecule has 0 atom stereocenters. The van der Waals surface area contributed by atoms with Crippen LogP contribution in [-0.4, -0.2) is 29.5 Å². The Kier molecular flexibility index (Phi) is 4.27. The fraction of sp³-hybridized carbons (Fsp3) is 0.615. The van der Waals surface area contributed by atoms with Gasteiger partial charge in [0.15, 0.2) is 5.13 Å². The quantitative estimate of drug-likeness (QED) is 0.851. The van der Waals surface area contributed by atoms with Crippen LogP contribution in [0, 0.1) is 0 Å². The molecule has 110 valence electrons. The number of carbonyl (C=O) groups is 1. The summed E-state index contributed by atoms with van der Waals surface area (Å²) in [5, 5.41) is 7.23. The highest BCUT2D eigenvalue weighted by Gasteiger charge is 2.23. The first-order chi connectivity index (χ1) is 9.39. The van der Waals surface area contributed by atoms with Gasteiger partial charge in [-0.15, -0.1) is 0 Å². The van der Waals surface area contributed by atoms with Crippen molar-refractivity contribution in [2.24, 2.45) is 5.16 Å². The van der Waals surface area contributed by atoms with Gasteiger partial charge in [0.25, 0.3) is 0 Å². The van der Waals surface area contributed by atoms with E-state index in [1.807, 2.05) is 20.8 Å². The summed E-state index contributed by atoms with van der Waals surface area (Å²) in [5.41, 5.74) is 1.33. The standard InChI is InChI=1S/C13H19N3O3S/c1-13(2,3)19-12(17)15-11-14-8-6-5-7-9(16-18-4)10(8)20-11/h5-7H2,1-4H3,(H,14,15,17)/b16-9-. The molecule has 0 fully saturated rings. The lowest BCUT2D eigenvalue weighted by Gasteiger charge is -2.18. The molecular weight excluding hydrogens is 278 g/mol. The van der Waals surface area contributed by atoms with Crippen LogP contribution in [0.3, 0.4) is 0 Å². The molecule has 1 aliphatic carbocycles. The van der Waals surface area contributed by atoms with Crippen LogP contribution in [0.25, 0.3) is 0 Å². The summed E-state index contributed by atoms with van der Waals surface area (Å²) < 4.78 is 5.21. The molecule has 2 rings (SSSR count). The Balaban J connectivity index is 2.12. The minimum Gasteiger partial charge on any atom is -0.444 e. The van der Waals surface area contributed by atoms with Gasteiger partial charge in [-0.25, -0.2) is 9.78 Å². The third-order valence-electron chi connectivity index (χ3n) is 2.60. The number of oxime groups is 1. The van der Waals surface area contributed by atoms with Gasteiger partial charge in [0, 0.05) is 0 Å². The summed E-state index contributed by atoms with van der Waals surface area (Å²) in [6.45, 7) is 5.47. The molecule has 6 nitrogen and oxygen atoms in total. The van der Waals surface area contributed by atoms with Crippen LogP contribution < -0.4 is 5.32 Å². The Bertz CT molecular complexity index is 531. The van der Waals surface area contributed by atoms with Crippen LogP contribution >= 0.6 is 11.3 Å². The number of thiazole rings is 1. The van der Waals surface area contributed by atoms with E-state index in [4.69, 9.17) is 9.57 Å². The molecule has 1 N–H and O–H groups in total. The third-order valence-corrected chi connectivity index (χ3v) is 3.66. The number of rotatable bonds is 2. The highest BCUT2D eigenvalue weighted by Crippen LogP contribution is 2.30. The second-order valence-electron chi connectivity index (χ2n) is 5.50. The highest BCUT2D eigenvalue weighted by molar-refractivity contribution is 7.17. The summed E-state index contributed by atoms with van der Waals surface area (Å²) in [5.74, 6) is 0. The van der Waals surface area contributed by atoms with Gasteiger partial charge in [-0.2, -0.15) is 0 Å². The molecule has 0 saturated heterocycles. The number of carbonyl (C=O) groups excluding carboxylic acids is 1. The van der Waals surface area contributed by atoms with E-state index in [9.17, 15) is 4.79 Å². The van der Waals surface area contributed by atoms with Crippen LogP contribution in [0.5, 0.6) is 0 Å². The summed E-state index contributed by atoms with van der Waals surface area (Å²) in [7, 11) is 1.53. The van der Waals surface area contributed by atoms with Crippen LogP contribution in [0.4, 0.5) is 9.93 Å². The average molecular weight is 297 g/mol. The molecule has 0 aliphatic heterocycles. The van der Waals surface area contributed by atoms with Crippen LogP contribution in [0.15, 0.2) is 5.16 Å². The third kappa shape index (κ3) is 3.69. The van der Waals surface area contributed by atoms with Crippen LogP contribution in [0.1, 0.15) is 44.2 Å². The van der Waals surface area contributed by atoms with Gasteiger partial charge in [0.05, 0.1) is 16.3 Å². The Labute approximate surface area is 122 Å². The van der Waals surface area contributed by atoms with Gasteiger partial charge >= 0.3 is 6.09 Å². The van der Waals surface area contributed by atoms with E-state index in [0.29, 0.717) is 5.13 Å². The molecule has 7 heteroatoms. The number of hydrogen-bond acceptors (Lipinski definition) is 6. The van der Waals surface area contributed by atoms with Crippen molar-refractivity contribution >= 4 is 28.3 Å². The second kappa shape index (κ2) is 5.78. The SMILES string of the molecule is CO/N=C1/CCCc2nc(NC(=O)OC(C)(C)C)sc21. The van der Waals surface area contributed by atoms with Crippen molar-refractivity contribution < 1.29 is 14.4 Å². The number of aromatic nitrogens is 1. The van der Waals surface area contributed by atoms with E-state index in [1.54, 1.807) is 0 Å². The molecule has 1 amide bonds. The monoisotopic (exact) mass is 297 g/mol. The number of aryl methyl sites for hydroxylation is 1. The summed E-state index contributed by atoms with van der Waals surface area (Å²) in [4.78, 5) is 22.0. The maximum Gasteiger partial charge on any atom is 0.413 e. The van der Waals surface area contributed by atoms with Gasteiger partial charge in [-0.3, -0.25) is 5.32 Å². The molecule has 1 aliphatic rings. The van der Waals surface area contributed by atoms with Crippen molar-refractivity contribution in [2.45, 2.75) is 45.6 Å². The molecule has 0 radical (unpaired) electrons. The highest BCUT2D eigenvalue weighted by atomic mass is 32.1. The van der Waals surface area contributed by atoms with Crippen molar-refractivity contribution in [1.29, 1.82) is 0 Å². The topological polar surface area (TPSA) is 72.8 Å². The zero-order valence-electron chi connectivity index (χ0n) is 12.1. The van der Waals surface area contributed by atoms with Crippen LogP contribution in [-0.2, 0) is 16.0 Å². The van der Waals surface area contributed by atoms with Gasteiger partial charge in [0.2, 0.25) is 0 Å². The number of fused-ring (bicyclic) bond motifs is 1. The molecular formula is C13H19N3O3S. The number of ether oxygens (including phenoxy) is 1. The Morgan fingerprint density at radius 1 is 1.40 bits per heavy atom. The van der Waals surface area contributed by atoms with Crippen molar-refractivity contribution in [3.63, 3.8) is 0 Å². The number of anilines is 1. The zero-order chi connectivity index (χ0) is 14.8. The zero-order valence-corrected chi connectivity index (χ0v) is 13.0. The Hall–Kier alpha value is -1.63. The van der Waals surface area contributed by atoms with Gasteiger partial charge in [-0.05, 0) is 40.0 Å². The smallest absolute Gasteiger partial charge is 0.413 e. The van der Waals surface area contributed by atoms with Gasteiger partial charge in [0.1, 0.15) is 12.7 Å². The number of nitrogens with zero attached hydrogens (tertiary/aromatic N) is 2. The number of amides is 1. The molecule has 20 heavy (non-hydrogen) atoms. The lowest BCUT2D eigenvalue weighted by atomic mass is 10.0. The van der Waals surface area contributed by atoms with Crippen LogP contribution in [0.2, 0.25) is 0 Å². The summed E-state index contributed by atoms with van der Waals surface area (Å²) in [6.07, 6.45) is 2.26. The molecule has 0 unspecified atom stereocenters. The fourth-order valence-corrected chi connectivity index (χ4v) is 2.93. The minimum atomic E-state index is -0.524. The fourth-order valence-electron chi connectivity index (χ4n) is 1.93. The molecule has 0 saturated carbocycles. The Morgan fingerprint density at radius 3 is 2.80 bits per heavy atom. The maximum atomic E-state index is 11.7. The minimum absolute atomic E-state index is 0.492. The van der Waals surface area contributed by atoms with Crippen molar-refractivity contribution in [3.8, 4) is 0 Å². The first kappa shape index (κ1) is 14.8. The maximum absolute atomic E-state index is 11.7. The molecule has 1 aromatic rings. The molecule has 1 aromatic heterocycles. The van der Waals surface area contributed by atoms with Crippen molar-refractivity contribution in [1.82, 2.24) is 4.98 Å². The Morgan fingerprint density at radius 2 is 2.15 bits per heavy atom. The molecule has 1 heterocycles. The average Bonchev–Trinajstić information content (AvgIpc) is 2.70. The first-order valence-corrected chi connectivity index (χ1v) is 7.31. The van der Waals surface area contributed by atoms with E-state index in [-0.39, 0.29) is 0 Å². The normalized spacial score (nSPS) is 16.7. The lowest BCUT2D eigenvalue weighted by molar-refractivity contribution is 0.0636.